The summed E-state index contributed by atoms with van der Waals surface area (Å²) in [5.74, 6) is 0.526. The second-order valence-corrected chi connectivity index (χ2v) is 7.86. The number of hydrogen-bond acceptors (Lipinski definition) is 4. The van der Waals surface area contributed by atoms with Crippen molar-refractivity contribution in [2.24, 2.45) is 0 Å². The number of nitrogens with one attached hydrogen (secondary N) is 1. The molecular formula is C9H15Cl2NO3S2. The average Bonchev–Trinajstić information content (AvgIpc) is 2.49. The van der Waals surface area contributed by atoms with Gasteiger partial charge in [-0.1, -0.05) is 0 Å². The molecule has 0 radical (unpaired) electrons. The molecule has 1 aliphatic rings. The van der Waals surface area contributed by atoms with Gasteiger partial charge in [0, 0.05) is 5.88 Å². The molecule has 0 aromatic rings. The molecule has 17 heavy (non-hydrogen) atoms. The number of ether oxygens (including phenoxy) is 1. The highest BCUT2D eigenvalue weighted by molar-refractivity contribution is 7.91. The Morgan fingerprint density at radius 1 is 1.65 bits per heavy atom. The van der Waals surface area contributed by atoms with Gasteiger partial charge in [-0.2, -0.15) is 0 Å². The summed E-state index contributed by atoms with van der Waals surface area (Å²) in [5, 5.41) is 2.78. The minimum Gasteiger partial charge on any atom is -0.469 e. The molecule has 0 aromatic heterocycles. The average molecular weight is 320 g/mol. The lowest BCUT2D eigenvalue weighted by atomic mass is 10.0. The van der Waals surface area contributed by atoms with Gasteiger partial charge in [0.05, 0.1) is 22.4 Å². The summed E-state index contributed by atoms with van der Waals surface area (Å²) in [6.45, 7) is 2.02. The summed E-state index contributed by atoms with van der Waals surface area (Å²) >= 11 is 16.3. The standard InChI is InChI=1S/C9H15Cl2NO3S2/c1-9(2-3-17(13,14)6-9)12-8(16)15-5-7(11)4-10/h7H,2-6H2,1H3,(H,12,16). The van der Waals surface area contributed by atoms with Crippen molar-refractivity contribution in [3.63, 3.8) is 0 Å². The molecule has 1 rings (SSSR count). The number of thiocarbonyl (C=S) groups is 1. The highest BCUT2D eigenvalue weighted by Gasteiger charge is 2.39. The van der Waals surface area contributed by atoms with Gasteiger partial charge in [-0.15, -0.1) is 23.2 Å². The summed E-state index contributed by atoms with van der Waals surface area (Å²) in [6.07, 6.45) is 0.526. The number of alkyl halides is 2. The first-order valence-corrected chi connectivity index (χ1v) is 8.32. The molecule has 2 unspecified atom stereocenters. The highest BCUT2D eigenvalue weighted by atomic mass is 35.5. The molecule has 8 heteroatoms. The first kappa shape index (κ1) is 15.3. The maximum absolute atomic E-state index is 11.4. The Hall–Kier alpha value is 0.220. The molecule has 0 aliphatic carbocycles. The summed E-state index contributed by atoms with van der Waals surface area (Å²) in [5.41, 5.74) is -0.543. The van der Waals surface area contributed by atoms with Gasteiger partial charge in [-0.25, -0.2) is 8.42 Å². The van der Waals surface area contributed by atoms with Gasteiger partial charge in [0.1, 0.15) is 6.61 Å². The minimum absolute atomic E-state index is 0.0727. The van der Waals surface area contributed by atoms with Crippen LogP contribution in [-0.4, -0.2) is 48.5 Å². The zero-order valence-corrected chi connectivity index (χ0v) is 12.6. The van der Waals surface area contributed by atoms with E-state index >= 15 is 0 Å². The number of hydrogen-bond donors (Lipinski definition) is 1. The van der Waals surface area contributed by atoms with Crippen molar-refractivity contribution < 1.29 is 13.2 Å². The molecule has 1 aliphatic heterocycles. The van der Waals surface area contributed by atoms with Crippen LogP contribution in [0.4, 0.5) is 0 Å². The zero-order chi connectivity index (χ0) is 13.1. The molecule has 2 atom stereocenters. The van der Waals surface area contributed by atoms with E-state index in [4.69, 9.17) is 40.2 Å². The predicted molar refractivity (Wildman–Crippen MR) is 73.7 cm³/mol. The molecule has 0 saturated carbocycles. The van der Waals surface area contributed by atoms with Crippen LogP contribution in [0.3, 0.4) is 0 Å². The van der Waals surface area contributed by atoms with Crippen LogP contribution in [0.5, 0.6) is 0 Å². The molecule has 0 bridgehead atoms. The largest absolute Gasteiger partial charge is 0.469 e. The first-order valence-electron chi connectivity index (χ1n) is 5.12. The van der Waals surface area contributed by atoms with Crippen molar-refractivity contribution in [2.75, 3.05) is 24.0 Å². The van der Waals surface area contributed by atoms with Crippen LogP contribution in [0.2, 0.25) is 0 Å². The quantitative estimate of drug-likeness (QED) is 0.625. The van der Waals surface area contributed by atoms with Crippen molar-refractivity contribution in [3.8, 4) is 0 Å². The Bertz CT molecular complexity index is 388. The lowest BCUT2D eigenvalue weighted by molar-refractivity contribution is 0.285. The molecule has 0 amide bonds. The monoisotopic (exact) mass is 319 g/mol. The van der Waals surface area contributed by atoms with Crippen LogP contribution in [-0.2, 0) is 14.6 Å². The third kappa shape index (κ3) is 5.16. The van der Waals surface area contributed by atoms with Crippen LogP contribution in [0.1, 0.15) is 13.3 Å². The minimum atomic E-state index is -2.96. The normalized spacial score (nSPS) is 28.6. The lowest BCUT2D eigenvalue weighted by Gasteiger charge is -2.25. The van der Waals surface area contributed by atoms with Crippen molar-refractivity contribution >= 4 is 50.4 Å². The van der Waals surface area contributed by atoms with E-state index < -0.39 is 15.4 Å². The summed E-state index contributed by atoms with van der Waals surface area (Å²) in [4.78, 5) is 0. The Morgan fingerprint density at radius 3 is 2.76 bits per heavy atom. The smallest absolute Gasteiger partial charge is 0.257 e. The van der Waals surface area contributed by atoms with Crippen molar-refractivity contribution in [1.82, 2.24) is 5.32 Å². The second kappa shape index (κ2) is 5.91. The van der Waals surface area contributed by atoms with Crippen molar-refractivity contribution in [1.29, 1.82) is 0 Å². The van der Waals surface area contributed by atoms with E-state index in [0.29, 0.717) is 6.42 Å². The molecule has 1 N–H and O–H groups in total. The third-order valence-corrected chi connectivity index (χ3v) is 5.40. The molecular weight excluding hydrogens is 305 g/mol. The fraction of sp³-hybridized carbons (Fsp3) is 0.889. The van der Waals surface area contributed by atoms with E-state index in [9.17, 15) is 8.42 Å². The summed E-state index contributed by atoms with van der Waals surface area (Å²) < 4.78 is 28.0. The van der Waals surface area contributed by atoms with Crippen molar-refractivity contribution in [3.05, 3.63) is 0 Å². The van der Waals surface area contributed by atoms with E-state index in [1.54, 1.807) is 0 Å². The maximum atomic E-state index is 11.4. The Labute approximate surface area is 117 Å². The van der Waals surface area contributed by atoms with Gasteiger partial charge in [-0.05, 0) is 25.6 Å². The Balaban J connectivity index is 2.41. The van der Waals surface area contributed by atoms with E-state index in [2.05, 4.69) is 5.32 Å². The van der Waals surface area contributed by atoms with Gasteiger partial charge < -0.3 is 10.1 Å². The molecule has 0 aromatic carbocycles. The SMILES string of the molecule is CC1(NC(=S)OCC(Cl)CCl)CCS(=O)(=O)C1. The van der Waals surface area contributed by atoms with Crippen LogP contribution < -0.4 is 5.32 Å². The number of halogens is 2. The third-order valence-electron chi connectivity index (χ3n) is 2.47. The van der Waals surface area contributed by atoms with Gasteiger partial charge in [-0.3, -0.25) is 0 Å². The topological polar surface area (TPSA) is 55.4 Å². The van der Waals surface area contributed by atoms with Crippen LogP contribution in [0, 0.1) is 0 Å². The second-order valence-electron chi connectivity index (χ2n) is 4.38. The zero-order valence-electron chi connectivity index (χ0n) is 9.41. The van der Waals surface area contributed by atoms with Gasteiger partial charge in [0.15, 0.2) is 9.84 Å². The highest BCUT2D eigenvalue weighted by Crippen LogP contribution is 2.22. The predicted octanol–water partition coefficient (Wildman–Crippen LogP) is 1.30. The molecule has 1 heterocycles. The maximum Gasteiger partial charge on any atom is 0.257 e. The van der Waals surface area contributed by atoms with Crippen LogP contribution >= 0.6 is 35.4 Å². The molecule has 0 spiro atoms. The fourth-order valence-electron chi connectivity index (χ4n) is 1.60. The van der Waals surface area contributed by atoms with Gasteiger partial charge in [0.25, 0.3) is 5.17 Å². The van der Waals surface area contributed by atoms with E-state index in [1.807, 2.05) is 6.92 Å². The summed E-state index contributed by atoms with van der Waals surface area (Å²) in [7, 11) is -2.96. The number of sulfone groups is 1. The Kier molecular flexibility index (Phi) is 5.31. The number of rotatable bonds is 4. The van der Waals surface area contributed by atoms with Crippen LogP contribution in [0.25, 0.3) is 0 Å². The van der Waals surface area contributed by atoms with Crippen LogP contribution in [0.15, 0.2) is 0 Å². The van der Waals surface area contributed by atoms with Gasteiger partial charge >= 0.3 is 0 Å². The van der Waals surface area contributed by atoms with Crippen molar-refractivity contribution in [2.45, 2.75) is 24.3 Å². The lowest BCUT2D eigenvalue weighted by Crippen LogP contribution is -2.47. The molecule has 100 valence electrons. The van der Waals surface area contributed by atoms with E-state index in [1.165, 1.54) is 0 Å². The van der Waals surface area contributed by atoms with Gasteiger partial charge in [0.2, 0.25) is 0 Å². The van der Waals surface area contributed by atoms with E-state index in [0.717, 1.165) is 0 Å². The molecule has 4 nitrogen and oxygen atoms in total. The molecule has 1 saturated heterocycles. The van der Waals surface area contributed by atoms with E-state index in [-0.39, 0.29) is 34.5 Å². The first-order chi connectivity index (χ1) is 7.76. The fourth-order valence-corrected chi connectivity index (χ4v) is 4.16. The summed E-state index contributed by atoms with van der Waals surface area (Å²) in [6, 6.07) is 0. The molecule has 1 fully saturated rings. The Morgan fingerprint density at radius 2 is 2.29 bits per heavy atom.